The summed E-state index contributed by atoms with van der Waals surface area (Å²) in [5.41, 5.74) is 3.95. The maximum absolute atomic E-state index is 13.2. The fourth-order valence-electron chi connectivity index (χ4n) is 4.69. The molecule has 1 amide bonds. The summed E-state index contributed by atoms with van der Waals surface area (Å²) < 4.78 is 23.8. The summed E-state index contributed by atoms with van der Waals surface area (Å²) in [6.07, 6.45) is 6.48. The van der Waals surface area contributed by atoms with Gasteiger partial charge in [0.25, 0.3) is 11.5 Å². The fraction of sp³-hybridized carbons (Fsp3) is 0.391. The first-order chi connectivity index (χ1) is 14.8. The topological polar surface area (TPSA) is 104 Å². The summed E-state index contributed by atoms with van der Waals surface area (Å²) in [6.45, 7) is 5.68. The molecule has 7 nitrogen and oxygen atoms in total. The van der Waals surface area contributed by atoms with Gasteiger partial charge in [-0.1, -0.05) is 12.8 Å². The number of carbonyl (C=O) groups is 1. The summed E-state index contributed by atoms with van der Waals surface area (Å²) >= 11 is -2.21. The molecule has 31 heavy (non-hydrogen) atoms. The number of amides is 1. The number of aromatic amines is 1. The predicted octanol–water partition coefficient (Wildman–Crippen LogP) is 3.88. The highest BCUT2D eigenvalue weighted by Crippen LogP contribution is 2.36. The highest BCUT2D eigenvalue weighted by atomic mass is 32.2. The van der Waals surface area contributed by atoms with Gasteiger partial charge < -0.3 is 19.4 Å². The third-order valence-corrected chi connectivity index (χ3v) is 6.82. The number of pyridine rings is 1. The molecule has 1 aliphatic carbocycles. The zero-order chi connectivity index (χ0) is 22.3. The second-order valence-corrected chi connectivity index (χ2v) is 9.37. The van der Waals surface area contributed by atoms with Gasteiger partial charge in [0, 0.05) is 35.4 Å². The van der Waals surface area contributed by atoms with Gasteiger partial charge in [-0.05, 0) is 62.9 Å². The van der Waals surface area contributed by atoms with Crippen LogP contribution in [-0.4, -0.2) is 24.2 Å². The number of nitrogens with zero attached hydrogens (tertiary/aromatic N) is 1. The van der Waals surface area contributed by atoms with Crippen LogP contribution in [0.5, 0.6) is 0 Å². The molecule has 1 aliphatic rings. The second-order valence-electron chi connectivity index (χ2n) is 8.40. The number of fused-ring (bicyclic) bond motifs is 1. The molecule has 1 aromatic carbocycles. The maximum Gasteiger partial charge on any atom is 0.253 e. The van der Waals surface area contributed by atoms with Crippen LogP contribution < -0.4 is 10.9 Å². The molecule has 1 fully saturated rings. The molecule has 0 saturated heterocycles. The monoisotopic (exact) mass is 441 g/mol. The normalized spacial score (nSPS) is 15.5. The lowest BCUT2D eigenvalue weighted by Gasteiger charge is -2.15. The van der Waals surface area contributed by atoms with Crippen LogP contribution in [0.3, 0.4) is 0 Å². The quantitative estimate of drug-likeness (QED) is 0.523. The van der Waals surface area contributed by atoms with Crippen molar-refractivity contribution in [1.82, 2.24) is 14.9 Å². The van der Waals surface area contributed by atoms with E-state index in [1.165, 1.54) is 6.07 Å². The Kier molecular flexibility index (Phi) is 5.85. The van der Waals surface area contributed by atoms with Crippen molar-refractivity contribution in [3.8, 4) is 0 Å². The summed E-state index contributed by atoms with van der Waals surface area (Å²) in [7, 11) is 0. The van der Waals surface area contributed by atoms with Gasteiger partial charge in [-0.25, -0.2) is 4.21 Å². The molecule has 1 atom stereocenters. The number of aryl methyl sites for hydroxylation is 3. The van der Waals surface area contributed by atoms with Crippen molar-refractivity contribution in [2.45, 2.75) is 63.9 Å². The van der Waals surface area contributed by atoms with Crippen LogP contribution in [0.1, 0.15) is 64.5 Å². The largest absolute Gasteiger partial charge is 0.348 e. The Morgan fingerprint density at radius 3 is 2.55 bits per heavy atom. The molecular weight excluding hydrogens is 414 g/mol. The number of hydrogen-bond acceptors (Lipinski definition) is 3. The molecule has 2 heterocycles. The third-order valence-electron chi connectivity index (χ3n) is 6.18. The minimum atomic E-state index is -2.21. The van der Waals surface area contributed by atoms with E-state index in [0.717, 1.165) is 53.4 Å². The van der Waals surface area contributed by atoms with E-state index < -0.39 is 11.1 Å². The summed E-state index contributed by atoms with van der Waals surface area (Å²) in [5.74, 6) is -0.371. The molecule has 3 N–H and O–H groups in total. The molecule has 1 unspecified atom stereocenters. The van der Waals surface area contributed by atoms with Crippen molar-refractivity contribution in [2.75, 3.05) is 0 Å². The van der Waals surface area contributed by atoms with Gasteiger partial charge in [0.05, 0.1) is 16.0 Å². The molecule has 0 radical (unpaired) electrons. The van der Waals surface area contributed by atoms with Crippen LogP contribution >= 0.6 is 0 Å². The lowest BCUT2D eigenvalue weighted by Crippen LogP contribution is -2.28. The van der Waals surface area contributed by atoms with E-state index in [1.54, 1.807) is 6.07 Å². The Balaban J connectivity index is 1.75. The van der Waals surface area contributed by atoms with Gasteiger partial charge in [-0.15, -0.1) is 0 Å². The Labute approximate surface area is 183 Å². The SMILES string of the molecule is Cc1cc(C)c(CNC(=O)c2cc(S(=O)O)cc3c2c(C)cn3C2CCCC2)c(=O)[nH]1. The van der Waals surface area contributed by atoms with Gasteiger partial charge in [0.1, 0.15) is 0 Å². The van der Waals surface area contributed by atoms with Crippen molar-refractivity contribution in [3.63, 3.8) is 0 Å². The lowest BCUT2D eigenvalue weighted by molar-refractivity contribution is 0.0952. The van der Waals surface area contributed by atoms with Crippen LogP contribution in [0.4, 0.5) is 0 Å². The van der Waals surface area contributed by atoms with E-state index in [9.17, 15) is 18.4 Å². The molecule has 2 aromatic heterocycles. The highest BCUT2D eigenvalue weighted by molar-refractivity contribution is 7.79. The lowest BCUT2D eigenvalue weighted by atomic mass is 10.1. The van der Waals surface area contributed by atoms with E-state index >= 15 is 0 Å². The van der Waals surface area contributed by atoms with Crippen molar-refractivity contribution in [3.05, 3.63) is 62.7 Å². The minimum absolute atomic E-state index is 0.0800. The standard InChI is InChI=1S/C23H27N3O4S/c1-13-8-15(3)25-23(28)19(13)11-24-22(27)18-9-17(31(29)30)10-20-21(18)14(2)12-26(20)16-6-4-5-7-16/h8-10,12,16H,4-7,11H2,1-3H3,(H,24,27)(H,25,28)(H,29,30). The maximum atomic E-state index is 13.2. The van der Waals surface area contributed by atoms with Gasteiger partial charge in [-0.2, -0.15) is 0 Å². The molecule has 8 heteroatoms. The van der Waals surface area contributed by atoms with E-state index in [-0.39, 0.29) is 22.9 Å². The average molecular weight is 442 g/mol. The Hall–Kier alpha value is -2.71. The van der Waals surface area contributed by atoms with Crippen molar-refractivity contribution in [2.24, 2.45) is 0 Å². The van der Waals surface area contributed by atoms with E-state index in [2.05, 4.69) is 14.9 Å². The minimum Gasteiger partial charge on any atom is -0.348 e. The van der Waals surface area contributed by atoms with E-state index in [4.69, 9.17) is 0 Å². The number of hydrogen-bond donors (Lipinski definition) is 3. The predicted molar refractivity (Wildman–Crippen MR) is 121 cm³/mol. The second kappa shape index (κ2) is 8.43. The molecular formula is C23H27N3O4S. The fourth-order valence-corrected chi connectivity index (χ4v) is 5.12. The van der Waals surface area contributed by atoms with Crippen LogP contribution in [0.2, 0.25) is 0 Å². The first kappa shape index (κ1) is 21.5. The molecule has 164 valence electrons. The molecule has 1 saturated carbocycles. The smallest absolute Gasteiger partial charge is 0.253 e. The number of nitrogens with one attached hydrogen (secondary N) is 2. The highest BCUT2D eigenvalue weighted by Gasteiger charge is 2.24. The number of rotatable bonds is 5. The van der Waals surface area contributed by atoms with Crippen LogP contribution in [0.15, 0.2) is 34.1 Å². The van der Waals surface area contributed by atoms with E-state index in [1.807, 2.05) is 33.0 Å². The van der Waals surface area contributed by atoms with Gasteiger partial charge in [0.2, 0.25) is 0 Å². The van der Waals surface area contributed by atoms with Crippen molar-refractivity contribution in [1.29, 1.82) is 0 Å². The molecule has 3 aromatic rings. The first-order valence-corrected chi connectivity index (χ1v) is 11.6. The third kappa shape index (κ3) is 4.09. The van der Waals surface area contributed by atoms with Crippen molar-refractivity contribution >= 4 is 27.9 Å². The Morgan fingerprint density at radius 1 is 1.19 bits per heavy atom. The summed E-state index contributed by atoms with van der Waals surface area (Å²) in [6, 6.07) is 5.39. The Morgan fingerprint density at radius 2 is 1.90 bits per heavy atom. The number of H-pyrrole nitrogens is 1. The number of benzene rings is 1. The zero-order valence-electron chi connectivity index (χ0n) is 17.9. The van der Waals surface area contributed by atoms with Crippen LogP contribution in [0, 0.1) is 20.8 Å². The molecule has 0 bridgehead atoms. The average Bonchev–Trinajstić information content (AvgIpc) is 3.34. The molecule has 0 aliphatic heterocycles. The molecule has 4 rings (SSSR count). The summed E-state index contributed by atoms with van der Waals surface area (Å²) in [4.78, 5) is 28.4. The van der Waals surface area contributed by atoms with Crippen LogP contribution in [0.25, 0.3) is 10.9 Å². The number of aromatic nitrogens is 2. The first-order valence-electron chi connectivity index (χ1n) is 10.5. The van der Waals surface area contributed by atoms with Gasteiger partial charge in [0.15, 0.2) is 11.1 Å². The van der Waals surface area contributed by atoms with Gasteiger partial charge >= 0.3 is 0 Å². The van der Waals surface area contributed by atoms with Crippen LogP contribution in [-0.2, 0) is 17.6 Å². The van der Waals surface area contributed by atoms with Crippen molar-refractivity contribution < 1.29 is 13.6 Å². The zero-order valence-corrected chi connectivity index (χ0v) is 18.8. The van der Waals surface area contributed by atoms with Gasteiger partial charge in [-0.3, -0.25) is 9.59 Å². The Bertz CT molecular complexity index is 1250. The number of carbonyl (C=O) groups excluding carboxylic acids is 1. The van der Waals surface area contributed by atoms with E-state index in [0.29, 0.717) is 17.2 Å². The molecule has 0 spiro atoms. The summed E-state index contributed by atoms with van der Waals surface area (Å²) in [5, 5.41) is 3.62.